The van der Waals surface area contributed by atoms with Crippen molar-refractivity contribution in [1.29, 1.82) is 0 Å². The SMILES string of the molecule is CCCc1nc(C)sc1-c1nnc(N)o1. The Balaban J connectivity index is 2.42. The maximum atomic E-state index is 5.39. The molecule has 0 aliphatic carbocycles. The fourth-order valence-electron chi connectivity index (χ4n) is 1.37. The minimum Gasteiger partial charge on any atom is -0.403 e. The molecule has 0 bridgehead atoms. The first-order valence-corrected chi connectivity index (χ1v) is 5.58. The summed E-state index contributed by atoms with van der Waals surface area (Å²) in [7, 11) is 0. The van der Waals surface area contributed by atoms with Crippen molar-refractivity contribution in [3.63, 3.8) is 0 Å². The van der Waals surface area contributed by atoms with Gasteiger partial charge in [-0.05, 0) is 13.3 Å². The first kappa shape index (κ1) is 10.1. The maximum absolute atomic E-state index is 5.39. The number of nitrogens with two attached hydrogens (primary N) is 1. The highest BCUT2D eigenvalue weighted by Gasteiger charge is 2.15. The van der Waals surface area contributed by atoms with E-state index < -0.39 is 0 Å². The van der Waals surface area contributed by atoms with Crippen LogP contribution in [0.4, 0.5) is 6.01 Å². The summed E-state index contributed by atoms with van der Waals surface area (Å²) in [6, 6.07) is 0.0958. The van der Waals surface area contributed by atoms with Gasteiger partial charge in [0, 0.05) is 0 Å². The first-order chi connectivity index (χ1) is 7.20. The Labute approximate surface area is 91.4 Å². The molecule has 2 aromatic heterocycles. The molecule has 0 radical (unpaired) electrons. The molecule has 15 heavy (non-hydrogen) atoms. The van der Waals surface area contributed by atoms with Gasteiger partial charge in [0.1, 0.15) is 4.88 Å². The number of nitrogens with zero attached hydrogens (tertiary/aromatic N) is 3. The highest BCUT2D eigenvalue weighted by Crippen LogP contribution is 2.30. The molecule has 6 heteroatoms. The van der Waals surface area contributed by atoms with E-state index in [1.807, 2.05) is 6.92 Å². The van der Waals surface area contributed by atoms with Gasteiger partial charge < -0.3 is 10.2 Å². The summed E-state index contributed by atoms with van der Waals surface area (Å²) in [5.41, 5.74) is 6.41. The smallest absolute Gasteiger partial charge is 0.313 e. The van der Waals surface area contributed by atoms with E-state index in [9.17, 15) is 0 Å². The molecule has 0 saturated carbocycles. The molecular formula is C9H12N4OS. The van der Waals surface area contributed by atoms with Crippen LogP contribution in [0.1, 0.15) is 24.0 Å². The van der Waals surface area contributed by atoms with E-state index in [-0.39, 0.29) is 6.01 Å². The van der Waals surface area contributed by atoms with Crippen molar-refractivity contribution in [3.05, 3.63) is 10.7 Å². The molecule has 0 saturated heterocycles. The largest absolute Gasteiger partial charge is 0.403 e. The lowest BCUT2D eigenvalue weighted by atomic mass is 10.2. The number of aromatic nitrogens is 3. The average Bonchev–Trinajstić information content (AvgIpc) is 2.73. The molecule has 2 heterocycles. The van der Waals surface area contributed by atoms with Crippen LogP contribution in [0.5, 0.6) is 0 Å². The van der Waals surface area contributed by atoms with Crippen molar-refractivity contribution in [2.24, 2.45) is 0 Å². The molecule has 0 unspecified atom stereocenters. The average molecular weight is 224 g/mol. The molecule has 2 aromatic rings. The lowest BCUT2D eigenvalue weighted by molar-refractivity contribution is 0.590. The zero-order valence-corrected chi connectivity index (χ0v) is 9.47. The van der Waals surface area contributed by atoms with Gasteiger partial charge in [-0.2, -0.15) is 0 Å². The minimum absolute atomic E-state index is 0.0958. The summed E-state index contributed by atoms with van der Waals surface area (Å²) in [6.45, 7) is 4.08. The molecule has 2 rings (SSSR count). The Morgan fingerprint density at radius 3 is 2.80 bits per heavy atom. The molecule has 80 valence electrons. The quantitative estimate of drug-likeness (QED) is 0.863. The number of nitrogen functional groups attached to an aromatic ring is 1. The van der Waals surface area contributed by atoms with Crippen LogP contribution in [-0.2, 0) is 6.42 Å². The Kier molecular flexibility index (Phi) is 2.68. The number of thiazole rings is 1. The third-order valence-electron chi connectivity index (χ3n) is 1.93. The minimum atomic E-state index is 0.0958. The normalized spacial score (nSPS) is 10.8. The Morgan fingerprint density at radius 1 is 1.40 bits per heavy atom. The molecule has 0 aromatic carbocycles. The van der Waals surface area contributed by atoms with Crippen LogP contribution < -0.4 is 5.73 Å². The van der Waals surface area contributed by atoms with Gasteiger partial charge in [-0.25, -0.2) is 4.98 Å². The standard InChI is InChI=1S/C9H12N4OS/c1-3-4-6-7(15-5(2)11-6)8-12-13-9(10)14-8/h3-4H2,1-2H3,(H2,10,13). The second-order valence-corrected chi connectivity index (χ2v) is 4.41. The molecule has 5 nitrogen and oxygen atoms in total. The number of hydrogen-bond donors (Lipinski definition) is 1. The van der Waals surface area contributed by atoms with Gasteiger partial charge >= 0.3 is 6.01 Å². The Morgan fingerprint density at radius 2 is 2.20 bits per heavy atom. The zero-order valence-electron chi connectivity index (χ0n) is 8.65. The predicted molar refractivity (Wildman–Crippen MR) is 58.6 cm³/mol. The lowest BCUT2D eigenvalue weighted by Gasteiger charge is -1.94. The summed E-state index contributed by atoms with van der Waals surface area (Å²) in [5.74, 6) is 0.474. The highest BCUT2D eigenvalue weighted by molar-refractivity contribution is 7.15. The number of hydrogen-bond acceptors (Lipinski definition) is 6. The van der Waals surface area contributed by atoms with Gasteiger partial charge in [0.05, 0.1) is 10.7 Å². The Bertz CT molecular complexity index is 462. The second kappa shape index (κ2) is 3.98. The highest BCUT2D eigenvalue weighted by atomic mass is 32.1. The third-order valence-corrected chi connectivity index (χ3v) is 2.93. The van der Waals surface area contributed by atoms with Crippen LogP contribution >= 0.6 is 11.3 Å². The maximum Gasteiger partial charge on any atom is 0.313 e. The Hall–Kier alpha value is -1.43. The molecule has 0 aliphatic heterocycles. The van der Waals surface area contributed by atoms with Crippen LogP contribution in [0.25, 0.3) is 10.8 Å². The molecule has 0 spiro atoms. The van der Waals surface area contributed by atoms with Crippen molar-refractivity contribution < 1.29 is 4.42 Å². The lowest BCUT2D eigenvalue weighted by Crippen LogP contribution is -1.87. The van der Waals surface area contributed by atoms with Crippen molar-refractivity contribution in [2.45, 2.75) is 26.7 Å². The number of rotatable bonds is 3. The molecule has 2 N–H and O–H groups in total. The predicted octanol–water partition coefficient (Wildman–Crippen LogP) is 2.04. The van der Waals surface area contributed by atoms with E-state index >= 15 is 0 Å². The van der Waals surface area contributed by atoms with E-state index in [2.05, 4.69) is 22.1 Å². The van der Waals surface area contributed by atoms with Gasteiger partial charge in [0.25, 0.3) is 5.89 Å². The zero-order chi connectivity index (χ0) is 10.8. The van der Waals surface area contributed by atoms with E-state index in [1.165, 1.54) is 0 Å². The van der Waals surface area contributed by atoms with Crippen LogP contribution in [0.3, 0.4) is 0 Å². The van der Waals surface area contributed by atoms with E-state index in [0.717, 1.165) is 28.4 Å². The summed E-state index contributed by atoms with van der Waals surface area (Å²) < 4.78 is 5.20. The molecule has 0 amide bonds. The summed E-state index contributed by atoms with van der Waals surface area (Å²) in [5, 5.41) is 8.52. The molecular weight excluding hydrogens is 212 g/mol. The van der Waals surface area contributed by atoms with Crippen molar-refractivity contribution in [3.8, 4) is 10.8 Å². The summed E-state index contributed by atoms with van der Waals surface area (Å²) in [6.07, 6.45) is 1.96. The van der Waals surface area contributed by atoms with Gasteiger partial charge in [0.2, 0.25) is 0 Å². The second-order valence-electron chi connectivity index (χ2n) is 3.20. The van der Waals surface area contributed by atoms with Gasteiger partial charge in [-0.1, -0.05) is 18.4 Å². The van der Waals surface area contributed by atoms with E-state index in [0.29, 0.717) is 5.89 Å². The van der Waals surface area contributed by atoms with Crippen molar-refractivity contribution >= 4 is 17.4 Å². The van der Waals surface area contributed by atoms with Crippen molar-refractivity contribution in [1.82, 2.24) is 15.2 Å². The fraction of sp³-hybridized carbons (Fsp3) is 0.444. The number of anilines is 1. The van der Waals surface area contributed by atoms with E-state index in [4.69, 9.17) is 10.2 Å². The van der Waals surface area contributed by atoms with Crippen LogP contribution in [0.2, 0.25) is 0 Å². The fourth-order valence-corrected chi connectivity index (χ4v) is 2.26. The van der Waals surface area contributed by atoms with Crippen LogP contribution in [-0.4, -0.2) is 15.2 Å². The molecule has 0 fully saturated rings. The van der Waals surface area contributed by atoms with Crippen LogP contribution in [0, 0.1) is 6.92 Å². The van der Waals surface area contributed by atoms with Crippen molar-refractivity contribution in [2.75, 3.05) is 5.73 Å². The third kappa shape index (κ3) is 1.99. The van der Waals surface area contributed by atoms with Gasteiger partial charge in [0.15, 0.2) is 0 Å². The van der Waals surface area contributed by atoms with Crippen LogP contribution in [0.15, 0.2) is 4.42 Å². The molecule has 0 aliphatic rings. The number of aryl methyl sites for hydroxylation is 2. The molecule has 0 atom stereocenters. The summed E-state index contributed by atoms with van der Waals surface area (Å²) in [4.78, 5) is 5.38. The van der Waals surface area contributed by atoms with E-state index in [1.54, 1.807) is 11.3 Å². The monoisotopic (exact) mass is 224 g/mol. The first-order valence-electron chi connectivity index (χ1n) is 4.76. The topological polar surface area (TPSA) is 77.8 Å². The van der Waals surface area contributed by atoms with Gasteiger partial charge in [-0.15, -0.1) is 16.4 Å². The summed E-state index contributed by atoms with van der Waals surface area (Å²) >= 11 is 1.56. The van der Waals surface area contributed by atoms with Gasteiger partial charge in [-0.3, -0.25) is 0 Å².